The summed E-state index contributed by atoms with van der Waals surface area (Å²) in [5.74, 6) is -0.414. The third kappa shape index (κ3) is 6.19. The zero-order valence-corrected chi connectivity index (χ0v) is 24.1. The monoisotopic (exact) mass is 620 g/mol. The Labute approximate surface area is 256 Å². The number of halogens is 3. The minimum absolute atomic E-state index is 0.0361. The summed E-state index contributed by atoms with van der Waals surface area (Å²) < 4.78 is 57.8. The van der Waals surface area contributed by atoms with Gasteiger partial charge in [-0.05, 0) is 62.3 Å². The number of allylic oxidation sites excluding steroid dienone is 1. The van der Waals surface area contributed by atoms with Crippen LogP contribution in [0.1, 0.15) is 59.8 Å². The fourth-order valence-electron chi connectivity index (χ4n) is 6.33. The zero-order valence-electron chi connectivity index (χ0n) is 24.1. The molecular weight excluding hydrogens is 589 g/mol. The highest BCUT2D eigenvalue weighted by Gasteiger charge is 2.37. The van der Waals surface area contributed by atoms with Gasteiger partial charge in [0.15, 0.2) is 5.69 Å². The Hall–Kier alpha value is -4.58. The predicted octanol–water partition coefficient (Wildman–Crippen LogP) is 7.37. The van der Waals surface area contributed by atoms with Crippen molar-refractivity contribution < 1.29 is 37.1 Å². The van der Waals surface area contributed by atoms with Crippen LogP contribution in [-0.2, 0) is 11.3 Å². The van der Waals surface area contributed by atoms with Gasteiger partial charge in [0, 0.05) is 35.2 Å². The van der Waals surface area contributed by atoms with Gasteiger partial charge in [-0.1, -0.05) is 41.6 Å². The van der Waals surface area contributed by atoms with Gasteiger partial charge >= 0.3 is 12.3 Å². The van der Waals surface area contributed by atoms with Gasteiger partial charge < -0.3 is 24.4 Å². The first-order valence-electron chi connectivity index (χ1n) is 15.0. The molecule has 0 amide bonds. The quantitative estimate of drug-likeness (QED) is 0.187. The molecule has 1 fully saturated rings. The number of alkyl halides is 3. The minimum atomic E-state index is -4.85. The van der Waals surface area contributed by atoms with Crippen LogP contribution in [0.15, 0.2) is 77.6 Å². The molecule has 4 aliphatic rings. The van der Waals surface area contributed by atoms with Crippen molar-refractivity contribution in [2.24, 2.45) is 11.8 Å². The Balaban J connectivity index is 1.12. The number of nitrogens with one attached hydrogen (secondary N) is 1. The molecule has 0 spiro atoms. The van der Waals surface area contributed by atoms with Gasteiger partial charge in [-0.25, -0.2) is 9.78 Å². The molecule has 45 heavy (non-hydrogen) atoms. The normalized spacial score (nSPS) is 23.8. The number of benzene rings is 1. The molecule has 9 nitrogen and oxygen atoms in total. The van der Waals surface area contributed by atoms with Crippen LogP contribution < -0.4 is 10.1 Å². The third-order valence-electron chi connectivity index (χ3n) is 8.69. The molecule has 1 saturated carbocycles. The number of pyridine rings is 1. The average molecular weight is 621 g/mol. The number of aromatic nitrogens is 3. The van der Waals surface area contributed by atoms with E-state index in [1.54, 1.807) is 28.8 Å². The summed E-state index contributed by atoms with van der Waals surface area (Å²) in [7, 11) is 0. The summed E-state index contributed by atoms with van der Waals surface area (Å²) in [5, 5.41) is 17.4. The van der Waals surface area contributed by atoms with Crippen LogP contribution >= 0.6 is 0 Å². The fourth-order valence-corrected chi connectivity index (χ4v) is 6.33. The molecule has 1 aromatic carbocycles. The van der Waals surface area contributed by atoms with Crippen molar-refractivity contribution >= 4 is 17.3 Å². The van der Waals surface area contributed by atoms with Crippen LogP contribution in [0.2, 0.25) is 0 Å². The second-order valence-corrected chi connectivity index (χ2v) is 11.8. The molecule has 234 valence electrons. The molecule has 3 heterocycles. The minimum Gasteiger partial charge on any atom is -0.477 e. The van der Waals surface area contributed by atoms with Gasteiger partial charge in [-0.15, -0.1) is 13.2 Å². The molecule has 0 saturated heterocycles. The molecule has 0 radical (unpaired) electrons. The van der Waals surface area contributed by atoms with E-state index in [-0.39, 0.29) is 53.5 Å². The van der Waals surface area contributed by atoms with Gasteiger partial charge in [0.1, 0.15) is 22.9 Å². The van der Waals surface area contributed by atoms with Crippen LogP contribution in [-0.4, -0.2) is 44.1 Å². The van der Waals surface area contributed by atoms with Crippen molar-refractivity contribution in [1.29, 1.82) is 0 Å². The number of rotatable bonds is 9. The first-order valence-corrected chi connectivity index (χ1v) is 15.0. The van der Waals surface area contributed by atoms with Crippen molar-refractivity contribution in [3.8, 4) is 17.0 Å². The van der Waals surface area contributed by atoms with Gasteiger partial charge in [-0.2, -0.15) is 0 Å². The van der Waals surface area contributed by atoms with Crippen molar-refractivity contribution in [3.63, 3.8) is 0 Å². The smallest absolute Gasteiger partial charge is 0.477 e. The number of imidazole rings is 1. The number of carbonyl (C=O) groups is 1. The molecule has 0 aliphatic heterocycles. The van der Waals surface area contributed by atoms with E-state index in [4.69, 9.17) is 9.26 Å². The summed E-state index contributed by atoms with van der Waals surface area (Å²) in [6.45, 7) is 0.133. The molecule has 4 aliphatic carbocycles. The van der Waals surface area contributed by atoms with Crippen molar-refractivity contribution in [2.75, 3.05) is 5.32 Å². The lowest BCUT2D eigenvalue weighted by molar-refractivity contribution is -0.274. The molecule has 2 N–H and O–H groups in total. The maximum absolute atomic E-state index is 13.2. The van der Waals surface area contributed by atoms with Gasteiger partial charge in [0.2, 0.25) is 0 Å². The highest BCUT2D eigenvalue weighted by Crippen LogP contribution is 2.46. The summed E-state index contributed by atoms with van der Waals surface area (Å²) in [6.07, 6.45) is 11.0. The number of anilines is 1. The molecule has 4 atom stereocenters. The standard InChI is InChI=1S/C33H31F3N4O5/c34-33(35,36)44-27-8-4-2-6-23(27)30-24(31(45-39-30)20-10-11-20)18-43-28-15-21-12-9-19(28)5-1-3-7-25(21)38-22-13-14-29-37-16-26(32(41)42)40(29)17-22/h1-2,4-6,8-9,12-14,16-17,19-21,25,28,38H,3,7,10-11,15,18H2,(H,41,42)/b5-1-/t19-,21?,25+,28?/m1/s1. The van der Waals surface area contributed by atoms with Gasteiger partial charge in [0.25, 0.3) is 0 Å². The van der Waals surface area contributed by atoms with E-state index in [0.29, 0.717) is 29.1 Å². The number of nitrogens with zero attached hydrogens (tertiary/aromatic N) is 3. The molecular formula is C33H31F3N4O5. The third-order valence-corrected chi connectivity index (χ3v) is 8.69. The predicted molar refractivity (Wildman–Crippen MR) is 158 cm³/mol. The Morgan fingerprint density at radius 2 is 1.96 bits per heavy atom. The SMILES string of the molecule is O=C(O)c1cnc2ccc(N[C@H]3CC/C=C\[C@@H]4C=CC3CC4OCc3c(-c4ccccc4OC(F)(F)F)noc3C3CC3)cn12. The van der Waals surface area contributed by atoms with E-state index in [2.05, 4.69) is 44.5 Å². The van der Waals surface area contributed by atoms with E-state index >= 15 is 0 Å². The average Bonchev–Trinajstić information content (AvgIpc) is 3.58. The highest BCUT2D eigenvalue weighted by atomic mass is 19.4. The number of carboxylic acid groups (broad SMARTS) is 1. The van der Waals surface area contributed by atoms with Crippen LogP contribution in [0.3, 0.4) is 0 Å². The molecule has 2 unspecified atom stereocenters. The summed E-state index contributed by atoms with van der Waals surface area (Å²) in [6, 6.07) is 9.67. The molecule has 12 heteroatoms. The van der Waals surface area contributed by atoms with Crippen LogP contribution in [0, 0.1) is 11.8 Å². The lowest BCUT2D eigenvalue weighted by Crippen LogP contribution is -2.35. The van der Waals surface area contributed by atoms with Crippen molar-refractivity contribution in [2.45, 2.75) is 63.1 Å². The summed E-state index contributed by atoms with van der Waals surface area (Å²) >= 11 is 0. The lowest BCUT2D eigenvalue weighted by Gasteiger charge is -2.34. The van der Waals surface area contributed by atoms with Crippen molar-refractivity contribution in [1.82, 2.24) is 14.5 Å². The van der Waals surface area contributed by atoms with Gasteiger partial charge in [-0.3, -0.25) is 4.40 Å². The summed E-state index contributed by atoms with van der Waals surface area (Å²) in [4.78, 5) is 15.8. The Bertz CT molecular complexity index is 1770. The maximum atomic E-state index is 13.2. The van der Waals surface area contributed by atoms with Crippen LogP contribution in [0.4, 0.5) is 18.9 Å². The van der Waals surface area contributed by atoms with E-state index in [1.165, 1.54) is 18.3 Å². The lowest BCUT2D eigenvalue weighted by atomic mass is 9.82. The Morgan fingerprint density at radius 1 is 1.11 bits per heavy atom. The summed E-state index contributed by atoms with van der Waals surface area (Å²) in [5.41, 5.74) is 2.57. The van der Waals surface area contributed by atoms with E-state index in [9.17, 15) is 23.1 Å². The topological polar surface area (TPSA) is 111 Å². The first-order chi connectivity index (χ1) is 21.7. The van der Waals surface area contributed by atoms with Crippen molar-refractivity contribution in [3.05, 3.63) is 90.1 Å². The molecule has 2 bridgehead atoms. The second-order valence-electron chi connectivity index (χ2n) is 11.8. The first kappa shape index (κ1) is 29.1. The van der Waals surface area contributed by atoms with E-state index in [0.717, 1.165) is 31.4 Å². The van der Waals surface area contributed by atoms with Crippen LogP contribution in [0.25, 0.3) is 16.9 Å². The number of para-hydroxylation sites is 1. The number of hydrogen-bond donors (Lipinski definition) is 2. The number of carboxylic acids is 1. The molecule has 4 aromatic rings. The zero-order chi connectivity index (χ0) is 31.1. The van der Waals surface area contributed by atoms with E-state index in [1.807, 2.05) is 6.07 Å². The second kappa shape index (κ2) is 11.7. The number of aromatic carboxylic acids is 1. The largest absolute Gasteiger partial charge is 0.573 e. The molecule has 3 aromatic heterocycles. The highest BCUT2D eigenvalue weighted by molar-refractivity contribution is 5.86. The fraction of sp³-hybridized carbons (Fsp3) is 0.364. The maximum Gasteiger partial charge on any atom is 0.573 e. The van der Waals surface area contributed by atoms with Gasteiger partial charge in [0.05, 0.1) is 24.6 Å². The molecule has 8 rings (SSSR count). The Morgan fingerprint density at radius 3 is 2.76 bits per heavy atom. The number of fused-ring (bicyclic) bond motifs is 5. The number of hydrogen-bond acceptors (Lipinski definition) is 7. The Kier molecular flexibility index (Phi) is 7.60. The van der Waals surface area contributed by atoms with E-state index < -0.39 is 12.3 Å². The van der Waals surface area contributed by atoms with Crippen LogP contribution in [0.5, 0.6) is 5.75 Å². The number of ether oxygens (including phenoxy) is 2.